The number of thioether (sulfide) groups is 1. The largest absolute Gasteiger partial charge is 0.483 e. The molecular weight excluding hydrogens is 520 g/mol. The fourth-order valence-electron chi connectivity index (χ4n) is 3.33. The van der Waals surface area contributed by atoms with E-state index in [1.54, 1.807) is 18.2 Å². The standard InChI is InChI=1S/C17H14BrF2N3O5S.CH2O2/c1-14(19,20)29-13-22-21-12(18)23(13)11-7-6-10(8-4-2-3-5-9(8)11)15(24)16(25,26)17(15,27)28;2-1-3/h2-7,24-28H,1H3;1H,(H,2,3). The topological polar surface area (TPSA) is 169 Å². The molecule has 1 fully saturated rings. The van der Waals surface area contributed by atoms with E-state index in [0.717, 1.165) is 6.92 Å². The Morgan fingerprint density at radius 1 is 1.03 bits per heavy atom. The third-order valence-corrected chi connectivity index (χ3v) is 6.15. The minimum absolute atomic E-state index is 0.107. The monoisotopic (exact) mass is 535 g/mol. The van der Waals surface area contributed by atoms with Crippen LogP contribution in [0.3, 0.4) is 0 Å². The van der Waals surface area contributed by atoms with Crippen molar-refractivity contribution in [3.63, 3.8) is 0 Å². The minimum Gasteiger partial charge on any atom is -0.483 e. The number of carboxylic acid groups (broad SMARTS) is 1. The van der Waals surface area contributed by atoms with Gasteiger partial charge in [-0.25, -0.2) is 0 Å². The molecule has 1 aromatic heterocycles. The summed E-state index contributed by atoms with van der Waals surface area (Å²) in [6, 6.07) is 8.98. The molecule has 1 heterocycles. The van der Waals surface area contributed by atoms with E-state index in [9.17, 15) is 34.3 Å². The lowest BCUT2D eigenvalue weighted by Crippen LogP contribution is -2.23. The van der Waals surface area contributed by atoms with Crippen LogP contribution in [0.5, 0.6) is 0 Å². The van der Waals surface area contributed by atoms with Crippen LogP contribution in [-0.4, -0.2) is 68.7 Å². The molecule has 3 aromatic rings. The van der Waals surface area contributed by atoms with Gasteiger partial charge in [-0.2, -0.15) is 8.78 Å². The third-order valence-electron chi connectivity index (χ3n) is 4.83. The lowest BCUT2D eigenvalue weighted by Gasteiger charge is -2.18. The fraction of sp³-hybridized carbons (Fsp3) is 0.278. The molecule has 0 saturated heterocycles. The summed E-state index contributed by atoms with van der Waals surface area (Å²) in [7, 11) is 0. The Morgan fingerprint density at radius 2 is 1.56 bits per heavy atom. The Hall–Kier alpha value is -2.20. The van der Waals surface area contributed by atoms with Crippen LogP contribution < -0.4 is 0 Å². The van der Waals surface area contributed by atoms with Gasteiger partial charge in [0, 0.05) is 17.9 Å². The lowest BCUT2D eigenvalue weighted by atomic mass is 9.96. The molecule has 0 unspecified atom stereocenters. The quantitative estimate of drug-likeness (QED) is 0.162. The number of rotatable bonds is 4. The molecule has 14 heteroatoms. The number of benzene rings is 2. The summed E-state index contributed by atoms with van der Waals surface area (Å²) in [5.74, 6) is -6.38. The van der Waals surface area contributed by atoms with Crippen molar-refractivity contribution in [2.75, 3.05) is 0 Å². The molecule has 1 saturated carbocycles. The van der Waals surface area contributed by atoms with Crippen LogP contribution in [0, 0.1) is 0 Å². The Bertz CT molecular complexity index is 1170. The van der Waals surface area contributed by atoms with Gasteiger partial charge in [-0.15, -0.1) is 10.2 Å². The second kappa shape index (κ2) is 7.98. The van der Waals surface area contributed by atoms with E-state index >= 15 is 0 Å². The Kier molecular flexibility index (Phi) is 6.10. The molecule has 1 aliphatic rings. The van der Waals surface area contributed by atoms with Crippen LogP contribution >= 0.6 is 27.7 Å². The Labute approximate surface area is 190 Å². The normalized spacial score (nSPS) is 18.0. The van der Waals surface area contributed by atoms with Gasteiger partial charge >= 0.3 is 0 Å². The maximum absolute atomic E-state index is 13.5. The SMILES string of the molecule is CC(F)(F)Sc1nnc(Br)n1-c1ccc(C2(O)C(O)(O)C2(O)O)c2ccccc12.O=CO. The van der Waals surface area contributed by atoms with Gasteiger partial charge in [-0.1, -0.05) is 30.3 Å². The van der Waals surface area contributed by atoms with Crippen molar-refractivity contribution in [1.29, 1.82) is 0 Å². The van der Waals surface area contributed by atoms with Crippen molar-refractivity contribution in [3.8, 4) is 5.69 Å². The van der Waals surface area contributed by atoms with E-state index < -0.39 is 22.4 Å². The average Bonchev–Trinajstić information content (AvgIpc) is 2.93. The van der Waals surface area contributed by atoms with Gasteiger partial charge in [-0.05, 0) is 39.1 Å². The van der Waals surface area contributed by atoms with Crippen LogP contribution in [0.2, 0.25) is 0 Å². The molecule has 172 valence electrons. The van der Waals surface area contributed by atoms with Gasteiger partial charge in [-0.3, -0.25) is 9.36 Å². The number of hydrogen-bond acceptors (Lipinski definition) is 9. The number of halogens is 3. The van der Waals surface area contributed by atoms with Crippen LogP contribution in [-0.2, 0) is 10.4 Å². The maximum atomic E-state index is 13.5. The van der Waals surface area contributed by atoms with Crippen LogP contribution in [0.1, 0.15) is 12.5 Å². The predicted octanol–water partition coefficient (Wildman–Crippen LogP) is 1.15. The lowest BCUT2D eigenvalue weighted by molar-refractivity contribution is -0.207. The number of alkyl halides is 2. The number of aromatic nitrogens is 3. The van der Waals surface area contributed by atoms with Crippen LogP contribution in [0.4, 0.5) is 8.78 Å². The van der Waals surface area contributed by atoms with Crippen LogP contribution in [0.15, 0.2) is 46.3 Å². The minimum atomic E-state index is -3.19. The van der Waals surface area contributed by atoms with Gasteiger partial charge < -0.3 is 30.6 Å². The van der Waals surface area contributed by atoms with E-state index in [-0.39, 0.29) is 39.1 Å². The molecule has 0 radical (unpaired) electrons. The molecule has 0 aliphatic heterocycles. The second-order valence-electron chi connectivity index (χ2n) is 6.83. The highest BCUT2D eigenvalue weighted by Crippen LogP contribution is 2.62. The zero-order valence-corrected chi connectivity index (χ0v) is 18.4. The van der Waals surface area contributed by atoms with E-state index in [4.69, 9.17) is 9.90 Å². The van der Waals surface area contributed by atoms with E-state index in [1.807, 2.05) is 0 Å². The van der Waals surface area contributed by atoms with Crippen molar-refractivity contribution in [2.24, 2.45) is 0 Å². The molecule has 2 aromatic carbocycles. The molecule has 0 atom stereocenters. The van der Waals surface area contributed by atoms with Gasteiger partial charge in [0.1, 0.15) is 0 Å². The van der Waals surface area contributed by atoms with E-state index in [0.29, 0.717) is 11.1 Å². The number of aliphatic hydroxyl groups is 5. The predicted molar refractivity (Wildman–Crippen MR) is 110 cm³/mol. The first-order valence-corrected chi connectivity index (χ1v) is 10.3. The number of carbonyl (C=O) groups is 1. The molecule has 0 bridgehead atoms. The summed E-state index contributed by atoms with van der Waals surface area (Å²) in [5, 5.41) is 61.8. The zero-order chi connectivity index (χ0) is 24.1. The zero-order valence-electron chi connectivity index (χ0n) is 16.0. The number of fused-ring (bicyclic) bond motifs is 1. The van der Waals surface area contributed by atoms with E-state index in [2.05, 4.69) is 26.1 Å². The smallest absolute Gasteiger partial charge is 0.298 e. The molecule has 6 N–H and O–H groups in total. The van der Waals surface area contributed by atoms with Gasteiger partial charge in [0.15, 0.2) is 0 Å². The first-order valence-electron chi connectivity index (χ1n) is 8.64. The highest BCUT2D eigenvalue weighted by atomic mass is 79.9. The Morgan fingerprint density at radius 3 is 2.06 bits per heavy atom. The molecule has 1 aliphatic carbocycles. The molecule has 0 spiro atoms. The molecule has 4 rings (SSSR count). The first-order chi connectivity index (χ1) is 14.7. The van der Waals surface area contributed by atoms with Crippen molar-refractivity contribution in [2.45, 2.75) is 34.5 Å². The third kappa shape index (κ3) is 3.57. The second-order valence-corrected chi connectivity index (χ2v) is 8.83. The molecule has 0 amide bonds. The highest BCUT2D eigenvalue weighted by molar-refractivity contribution is 9.10. The summed E-state index contributed by atoms with van der Waals surface area (Å²) in [6.07, 6.45) is 0. The van der Waals surface area contributed by atoms with E-state index in [1.165, 1.54) is 22.8 Å². The van der Waals surface area contributed by atoms with Crippen molar-refractivity contribution < 1.29 is 44.2 Å². The summed E-state index contributed by atoms with van der Waals surface area (Å²) < 4.78 is 28.6. The molecule has 10 nitrogen and oxygen atoms in total. The molecule has 32 heavy (non-hydrogen) atoms. The van der Waals surface area contributed by atoms with Gasteiger partial charge in [0.2, 0.25) is 15.5 Å². The fourth-order valence-corrected chi connectivity index (χ4v) is 4.57. The average molecular weight is 536 g/mol. The summed E-state index contributed by atoms with van der Waals surface area (Å²) in [4.78, 5) is 8.36. The summed E-state index contributed by atoms with van der Waals surface area (Å²) in [6.45, 7) is 0.471. The Balaban J connectivity index is 0.000000913. The number of hydrogen-bond donors (Lipinski definition) is 6. The highest BCUT2D eigenvalue weighted by Gasteiger charge is 2.90. The first kappa shape index (κ1) is 24.4. The van der Waals surface area contributed by atoms with Crippen molar-refractivity contribution >= 4 is 44.9 Å². The van der Waals surface area contributed by atoms with Crippen molar-refractivity contribution in [3.05, 3.63) is 46.7 Å². The van der Waals surface area contributed by atoms with Crippen LogP contribution in [0.25, 0.3) is 16.5 Å². The van der Waals surface area contributed by atoms with Gasteiger partial charge in [0.05, 0.1) is 5.69 Å². The van der Waals surface area contributed by atoms with Crippen molar-refractivity contribution in [1.82, 2.24) is 14.8 Å². The van der Waals surface area contributed by atoms with Gasteiger partial charge in [0.25, 0.3) is 23.3 Å². The maximum Gasteiger partial charge on any atom is 0.298 e. The summed E-state index contributed by atoms with van der Waals surface area (Å²) in [5.41, 5.74) is -2.58. The number of nitrogens with zero attached hydrogens (tertiary/aromatic N) is 3. The summed E-state index contributed by atoms with van der Waals surface area (Å²) >= 11 is 3.37. The molecular formula is C18H16BrF2N3O7S.